The molecule has 3 rings (SSSR count). The fourth-order valence-corrected chi connectivity index (χ4v) is 5.36. The van der Waals surface area contributed by atoms with E-state index in [0.29, 0.717) is 19.5 Å². The summed E-state index contributed by atoms with van der Waals surface area (Å²) >= 11 is 3.60. The second-order valence-corrected chi connectivity index (χ2v) is 9.48. The first kappa shape index (κ1) is 18.4. The van der Waals surface area contributed by atoms with E-state index in [1.165, 1.54) is 5.56 Å². The molecular weight excluding hydrogens is 402 g/mol. The molecule has 0 unspecified atom stereocenters. The molecule has 1 heterocycles. The van der Waals surface area contributed by atoms with Gasteiger partial charge in [-0.1, -0.05) is 46.3 Å². The maximum absolute atomic E-state index is 11.9. The first-order valence-corrected chi connectivity index (χ1v) is 10.9. The van der Waals surface area contributed by atoms with E-state index in [2.05, 4.69) is 26.9 Å². The molecule has 2 aromatic carbocycles. The van der Waals surface area contributed by atoms with E-state index in [9.17, 15) is 8.42 Å². The van der Waals surface area contributed by atoms with Crippen molar-refractivity contribution in [1.29, 1.82) is 0 Å². The average Bonchev–Trinajstić information content (AvgIpc) is 2.97. The van der Waals surface area contributed by atoms with Crippen LogP contribution >= 0.6 is 15.9 Å². The third kappa shape index (κ3) is 4.84. The minimum Gasteiger partial charge on any atom is -0.497 e. The molecular formula is C19H22BrNO3S. The van der Waals surface area contributed by atoms with Crippen molar-refractivity contribution in [2.45, 2.75) is 25.6 Å². The normalized spacial score (nSPS) is 19.2. The summed E-state index contributed by atoms with van der Waals surface area (Å²) in [6.45, 7) is 1.43. The second-order valence-electron chi connectivity index (χ2n) is 6.40. The molecule has 0 saturated carbocycles. The van der Waals surface area contributed by atoms with Crippen LogP contribution in [0.3, 0.4) is 0 Å². The summed E-state index contributed by atoms with van der Waals surface area (Å²) in [7, 11) is -1.27. The molecule has 4 nitrogen and oxygen atoms in total. The van der Waals surface area contributed by atoms with E-state index in [4.69, 9.17) is 4.74 Å². The van der Waals surface area contributed by atoms with Gasteiger partial charge in [0, 0.05) is 23.6 Å². The third-order valence-corrected chi connectivity index (χ3v) is 7.12. The van der Waals surface area contributed by atoms with Gasteiger partial charge in [0.1, 0.15) is 5.75 Å². The van der Waals surface area contributed by atoms with Gasteiger partial charge in [0.2, 0.25) is 0 Å². The Balaban J connectivity index is 1.82. The Morgan fingerprint density at radius 1 is 1.12 bits per heavy atom. The Bertz CT molecular complexity index is 821. The number of ether oxygens (including phenoxy) is 1. The Morgan fingerprint density at radius 2 is 1.84 bits per heavy atom. The molecule has 1 saturated heterocycles. The molecule has 25 heavy (non-hydrogen) atoms. The van der Waals surface area contributed by atoms with Crippen molar-refractivity contribution >= 4 is 25.8 Å². The lowest BCUT2D eigenvalue weighted by molar-refractivity contribution is 0.194. The molecule has 6 heteroatoms. The van der Waals surface area contributed by atoms with Crippen LogP contribution in [0.15, 0.2) is 53.0 Å². The minimum absolute atomic E-state index is 0.0548. The lowest BCUT2D eigenvalue weighted by Crippen LogP contribution is -2.35. The van der Waals surface area contributed by atoms with Crippen molar-refractivity contribution in [2.75, 3.05) is 18.6 Å². The average molecular weight is 424 g/mol. The third-order valence-electron chi connectivity index (χ3n) is 4.60. The highest BCUT2D eigenvalue weighted by Gasteiger charge is 2.32. The van der Waals surface area contributed by atoms with Gasteiger partial charge in [-0.3, -0.25) is 4.90 Å². The molecule has 2 aromatic rings. The number of methoxy groups -OCH3 is 1. The van der Waals surface area contributed by atoms with Gasteiger partial charge >= 0.3 is 0 Å². The van der Waals surface area contributed by atoms with Crippen LogP contribution in [-0.2, 0) is 22.9 Å². The lowest BCUT2D eigenvalue weighted by atomic mass is 10.1. The van der Waals surface area contributed by atoms with Gasteiger partial charge < -0.3 is 4.74 Å². The van der Waals surface area contributed by atoms with Gasteiger partial charge in [0.05, 0.1) is 18.6 Å². The van der Waals surface area contributed by atoms with Crippen LogP contribution in [0.1, 0.15) is 17.5 Å². The van der Waals surface area contributed by atoms with E-state index >= 15 is 0 Å². The molecule has 134 valence electrons. The van der Waals surface area contributed by atoms with Crippen LogP contribution in [0.5, 0.6) is 5.75 Å². The van der Waals surface area contributed by atoms with Crippen molar-refractivity contribution in [2.24, 2.45) is 0 Å². The first-order valence-electron chi connectivity index (χ1n) is 8.28. The first-order chi connectivity index (χ1) is 12.0. The van der Waals surface area contributed by atoms with Crippen LogP contribution < -0.4 is 4.74 Å². The Hall–Kier alpha value is -1.37. The van der Waals surface area contributed by atoms with Gasteiger partial charge in [-0.15, -0.1) is 0 Å². The van der Waals surface area contributed by atoms with Crippen LogP contribution in [0.25, 0.3) is 0 Å². The predicted molar refractivity (Wildman–Crippen MR) is 103 cm³/mol. The molecule has 1 fully saturated rings. The van der Waals surface area contributed by atoms with Crippen LogP contribution in [-0.4, -0.2) is 38.0 Å². The summed E-state index contributed by atoms with van der Waals surface area (Å²) < 4.78 is 30.2. The van der Waals surface area contributed by atoms with Gasteiger partial charge in [-0.05, 0) is 35.7 Å². The number of sulfone groups is 1. The van der Waals surface area contributed by atoms with E-state index in [-0.39, 0.29) is 17.5 Å². The van der Waals surface area contributed by atoms with Gasteiger partial charge in [-0.2, -0.15) is 0 Å². The summed E-state index contributed by atoms with van der Waals surface area (Å²) in [6, 6.07) is 16.1. The number of hydrogen-bond acceptors (Lipinski definition) is 4. The summed E-state index contributed by atoms with van der Waals surface area (Å²) in [5.41, 5.74) is 2.32. The summed E-state index contributed by atoms with van der Waals surface area (Å²) in [5, 5.41) is 0. The van der Waals surface area contributed by atoms with Gasteiger partial charge in [0.25, 0.3) is 0 Å². The highest BCUT2D eigenvalue weighted by Crippen LogP contribution is 2.25. The SMILES string of the molecule is COc1ccc(CN(Cc2ccccc2Br)[C@@H]2CCS(=O)(=O)C2)cc1. The smallest absolute Gasteiger partial charge is 0.151 e. The number of hydrogen-bond donors (Lipinski definition) is 0. The van der Waals surface area contributed by atoms with Gasteiger partial charge in [-0.25, -0.2) is 8.42 Å². The zero-order chi connectivity index (χ0) is 17.9. The maximum Gasteiger partial charge on any atom is 0.151 e. The zero-order valence-electron chi connectivity index (χ0n) is 14.2. The highest BCUT2D eigenvalue weighted by molar-refractivity contribution is 9.10. The van der Waals surface area contributed by atoms with E-state index in [0.717, 1.165) is 15.8 Å². The summed E-state index contributed by atoms with van der Waals surface area (Å²) in [6.07, 6.45) is 0.697. The molecule has 0 spiro atoms. The topological polar surface area (TPSA) is 46.6 Å². The lowest BCUT2D eigenvalue weighted by Gasteiger charge is -2.28. The number of rotatable bonds is 6. The fourth-order valence-electron chi connectivity index (χ4n) is 3.19. The minimum atomic E-state index is -2.92. The van der Waals surface area contributed by atoms with Crippen LogP contribution in [0.2, 0.25) is 0 Å². The molecule has 0 bridgehead atoms. The summed E-state index contributed by atoms with van der Waals surface area (Å²) in [4.78, 5) is 2.27. The molecule has 1 aliphatic rings. The largest absolute Gasteiger partial charge is 0.497 e. The highest BCUT2D eigenvalue weighted by atomic mass is 79.9. The van der Waals surface area contributed by atoms with Crippen molar-refractivity contribution in [1.82, 2.24) is 4.90 Å². The van der Waals surface area contributed by atoms with E-state index in [1.54, 1.807) is 7.11 Å². The quantitative estimate of drug-likeness (QED) is 0.711. The number of halogens is 1. The van der Waals surface area contributed by atoms with Crippen LogP contribution in [0, 0.1) is 0 Å². The monoisotopic (exact) mass is 423 g/mol. The molecule has 0 amide bonds. The summed E-state index contributed by atoms with van der Waals surface area (Å²) in [5.74, 6) is 1.35. The molecule has 0 radical (unpaired) electrons. The fraction of sp³-hybridized carbons (Fsp3) is 0.368. The molecule has 0 aromatic heterocycles. The van der Waals surface area contributed by atoms with Crippen LogP contribution in [0.4, 0.5) is 0 Å². The second kappa shape index (κ2) is 7.89. The van der Waals surface area contributed by atoms with E-state index < -0.39 is 9.84 Å². The molecule has 1 aliphatic heterocycles. The van der Waals surface area contributed by atoms with Gasteiger partial charge in [0.15, 0.2) is 9.84 Å². The number of benzene rings is 2. The molecule has 0 aliphatic carbocycles. The number of nitrogens with zero attached hydrogens (tertiary/aromatic N) is 1. The van der Waals surface area contributed by atoms with Crippen molar-refractivity contribution in [3.05, 3.63) is 64.1 Å². The Morgan fingerprint density at radius 3 is 2.44 bits per heavy atom. The predicted octanol–water partition coefficient (Wildman–Crippen LogP) is 3.65. The zero-order valence-corrected chi connectivity index (χ0v) is 16.6. The Kier molecular flexibility index (Phi) is 5.81. The van der Waals surface area contributed by atoms with Crippen molar-refractivity contribution in [3.8, 4) is 5.75 Å². The van der Waals surface area contributed by atoms with Crippen molar-refractivity contribution in [3.63, 3.8) is 0 Å². The van der Waals surface area contributed by atoms with Crippen molar-refractivity contribution < 1.29 is 13.2 Å². The maximum atomic E-state index is 11.9. The standard InChI is InChI=1S/C19H22BrNO3S/c1-24-18-8-6-15(7-9-18)12-21(17-10-11-25(22,23)14-17)13-16-4-2-3-5-19(16)20/h2-9,17H,10-14H2,1H3/t17-/m1/s1. The Labute approximate surface area is 157 Å². The molecule has 1 atom stereocenters. The van der Waals surface area contributed by atoms with E-state index in [1.807, 2.05) is 42.5 Å². The molecule has 0 N–H and O–H groups in total.